The molecular formula is C19H29N3O2. The average Bonchev–Trinajstić information content (AvgIpc) is 3.03. The summed E-state index contributed by atoms with van der Waals surface area (Å²) in [5, 5.41) is 8.26. The van der Waals surface area contributed by atoms with E-state index in [2.05, 4.69) is 22.1 Å². The molecule has 0 unspecified atom stereocenters. The second-order valence-electron chi connectivity index (χ2n) is 7.44. The highest BCUT2D eigenvalue weighted by atomic mass is 16.5. The lowest BCUT2D eigenvalue weighted by atomic mass is 9.85. The molecule has 5 nitrogen and oxygen atoms in total. The van der Waals surface area contributed by atoms with Crippen molar-refractivity contribution in [1.29, 1.82) is 0 Å². The Morgan fingerprint density at radius 2 is 1.46 bits per heavy atom. The number of aryl methyl sites for hydroxylation is 4. The van der Waals surface area contributed by atoms with Gasteiger partial charge < -0.3 is 9.05 Å². The Morgan fingerprint density at radius 1 is 0.917 bits per heavy atom. The molecule has 0 spiro atoms. The van der Waals surface area contributed by atoms with E-state index >= 15 is 0 Å². The summed E-state index contributed by atoms with van der Waals surface area (Å²) in [6, 6.07) is 0.594. The molecule has 24 heavy (non-hydrogen) atoms. The van der Waals surface area contributed by atoms with Crippen LogP contribution in [0.15, 0.2) is 9.05 Å². The summed E-state index contributed by atoms with van der Waals surface area (Å²) in [6.45, 7) is 12.2. The molecule has 1 aliphatic rings. The first-order valence-electron chi connectivity index (χ1n) is 9.03. The molecule has 1 saturated carbocycles. The Morgan fingerprint density at radius 3 is 1.88 bits per heavy atom. The van der Waals surface area contributed by atoms with Crippen molar-refractivity contribution in [1.82, 2.24) is 15.2 Å². The predicted octanol–water partition coefficient (Wildman–Crippen LogP) is 4.48. The smallest absolute Gasteiger partial charge is 0.138 e. The van der Waals surface area contributed by atoms with Crippen molar-refractivity contribution in [2.45, 2.75) is 79.4 Å². The van der Waals surface area contributed by atoms with Gasteiger partial charge in [0, 0.05) is 30.3 Å². The normalized spacial score (nSPS) is 21.6. The first-order chi connectivity index (χ1) is 11.5. The third-order valence-corrected chi connectivity index (χ3v) is 5.51. The molecule has 132 valence electrons. The Kier molecular flexibility index (Phi) is 5.09. The van der Waals surface area contributed by atoms with Gasteiger partial charge in [-0.2, -0.15) is 0 Å². The lowest BCUT2D eigenvalue weighted by molar-refractivity contribution is 0.118. The van der Waals surface area contributed by atoms with Crippen molar-refractivity contribution in [2.24, 2.45) is 5.92 Å². The summed E-state index contributed by atoms with van der Waals surface area (Å²) in [5.41, 5.74) is 4.44. The molecule has 2 atom stereocenters. The van der Waals surface area contributed by atoms with Gasteiger partial charge in [-0.15, -0.1) is 0 Å². The van der Waals surface area contributed by atoms with Crippen LogP contribution in [-0.4, -0.2) is 21.3 Å². The van der Waals surface area contributed by atoms with Gasteiger partial charge in [-0.3, -0.25) is 4.90 Å². The Bertz CT molecular complexity index is 602. The van der Waals surface area contributed by atoms with Gasteiger partial charge >= 0.3 is 0 Å². The van der Waals surface area contributed by atoms with E-state index in [-0.39, 0.29) is 0 Å². The third-order valence-electron chi connectivity index (χ3n) is 5.51. The molecule has 2 aromatic rings. The molecule has 5 heteroatoms. The van der Waals surface area contributed by atoms with Crippen molar-refractivity contribution < 1.29 is 9.05 Å². The monoisotopic (exact) mass is 331 g/mol. The molecule has 0 radical (unpaired) electrons. The number of hydrogen-bond acceptors (Lipinski definition) is 5. The molecule has 0 bridgehead atoms. The number of aromatic nitrogens is 2. The number of rotatable bonds is 5. The highest BCUT2D eigenvalue weighted by Crippen LogP contribution is 2.31. The third kappa shape index (κ3) is 3.56. The van der Waals surface area contributed by atoms with Crippen molar-refractivity contribution in [2.75, 3.05) is 0 Å². The van der Waals surface area contributed by atoms with E-state index in [4.69, 9.17) is 9.05 Å². The van der Waals surface area contributed by atoms with Crippen LogP contribution >= 0.6 is 0 Å². The van der Waals surface area contributed by atoms with Gasteiger partial charge in [0.1, 0.15) is 11.5 Å². The minimum absolute atomic E-state index is 0.594. The summed E-state index contributed by atoms with van der Waals surface area (Å²) in [5.74, 6) is 2.65. The summed E-state index contributed by atoms with van der Waals surface area (Å²) in [4.78, 5) is 2.58. The molecule has 0 saturated heterocycles. The number of hydrogen-bond donors (Lipinski definition) is 0. The van der Waals surface area contributed by atoms with E-state index in [1.807, 2.05) is 27.7 Å². The van der Waals surface area contributed by atoms with E-state index in [0.717, 1.165) is 41.9 Å². The molecule has 0 N–H and O–H groups in total. The molecule has 3 rings (SSSR count). The first kappa shape index (κ1) is 17.2. The first-order valence-corrected chi connectivity index (χ1v) is 9.03. The number of nitrogens with zero attached hydrogens (tertiary/aromatic N) is 3. The largest absolute Gasteiger partial charge is 0.361 e. The fourth-order valence-electron chi connectivity index (χ4n) is 3.91. The maximum absolute atomic E-state index is 5.38. The van der Waals surface area contributed by atoms with Gasteiger partial charge in [-0.05, 0) is 46.5 Å². The Hall–Kier alpha value is -1.62. The van der Waals surface area contributed by atoms with Crippen molar-refractivity contribution in [3.63, 3.8) is 0 Å². The zero-order valence-corrected chi connectivity index (χ0v) is 15.6. The van der Waals surface area contributed by atoms with E-state index < -0.39 is 0 Å². The van der Waals surface area contributed by atoms with Gasteiger partial charge in [0.15, 0.2) is 0 Å². The standard InChI is InChI=1S/C19H29N3O2/c1-12-7-6-8-17(9-12)22(10-18-13(2)20-23-15(18)4)11-19-14(3)21-24-16(19)5/h12,17H,6-11H2,1-5H3/t12-,17-/m1/s1. The minimum atomic E-state index is 0.594. The second-order valence-corrected chi connectivity index (χ2v) is 7.44. The molecule has 2 heterocycles. The van der Waals surface area contributed by atoms with E-state index in [1.165, 1.54) is 36.8 Å². The Balaban J connectivity index is 1.85. The van der Waals surface area contributed by atoms with Gasteiger partial charge in [0.2, 0.25) is 0 Å². The fraction of sp³-hybridized carbons (Fsp3) is 0.684. The topological polar surface area (TPSA) is 55.3 Å². The fourth-order valence-corrected chi connectivity index (χ4v) is 3.91. The maximum atomic E-state index is 5.38. The second kappa shape index (κ2) is 7.09. The van der Waals surface area contributed by atoms with Gasteiger partial charge in [-0.1, -0.05) is 30.1 Å². The van der Waals surface area contributed by atoms with Crippen LogP contribution < -0.4 is 0 Å². The van der Waals surface area contributed by atoms with Crippen molar-refractivity contribution in [3.8, 4) is 0 Å². The lowest BCUT2D eigenvalue weighted by Gasteiger charge is -2.36. The van der Waals surface area contributed by atoms with E-state index in [0.29, 0.717) is 6.04 Å². The van der Waals surface area contributed by atoms with Crippen LogP contribution in [-0.2, 0) is 13.1 Å². The van der Waals surface area contributed by atoms with Crippen LogP contribution in [0.1, 0.15) is 66.6 Å². The Labute approximate surface area is 144 Å². The lowest BCUT2D eigenvalue weighted by Crippen LogP contribution is -2.38. The zero-order chi connectivity index (χ0) is 17.3. The van der Waals surface area contributed by atoms with Crippen LogP contribution in [0.2, 0.25) is 0 Å². The van der Waals surface area contributed by atoms with E-state index in [1.54, 1.807) is 0 Å². The summed E-state index contributed by atoms with van der Waals surface area (Å²) < 4.78 is 10.8. The van der Waals surface area contributed by atoms with Crippen LogP contribution in [0.5, 0.6) is 0 Å². The molecule has 1 fully saturated rings. The highest BCUT2D eigenvalue weighted by molar-refractivity contribution is 5.23. The molecule has 0 aromatic carbocycles. The molecule has 2 aromatic heterocycles. The maximum Gasteiger partial charge on any atom is 0.138 e. The molecule has 0 aliphatic heterocycles. The van der Waals surface area contributed by atoms with Gasteiger partial charge in [-0.25, -0.2) is 0 Å². The molecule has 0 amide bonds. The van der Waals surface area contributed by atoms with Crippen molar-refractivity contribution in [3.05, 3.63) is 34.0 Å². The average molecular weight is 331 g/mol. The zero-order valence-electron chi connectivity index (χ0n) is 15.6. The molecular weight excluding hydrogens is 302 g/mol. The predicted molar refractivity (Wildman–Crippen MR) is 92.6 cm³/mol. The van der Waals surface area contributed by atoms with Crippen LogP contribution in [0.3, 0.4) is 0 Å². The van der Waals surface area contributed by atoms with Gasteiger partial charge in [0.05, 0.1) is 11.4 Å². The molecule has 1 aliphatic carbocycles. The van der Waals surface area contributed by atoms with Gasteiger partial charge in [0.25, 0.3) is 0 Å². The summed E-state index contributed by atoms with van der Waals surface area (Å²) in [7, 11) is 0. The van der Waals surface area contributed by atoms with Crippen LogP contribution in [0.25, 0.3) is 0 Å². The van der Waals surface area contributed by atoms with E-state index in [9.17, 15) is 0 Å². The minimum Gasteiger partial charge on any atom is -0.361 e. The van der Waals surface area contributed by atoms with Crippen molar-refractivity contribution >= 4 is 0 Å². The quantitative estimate of drug-likeness (QED) is 0.808. The summed E-state index contributed by atoms with van der Waals surface area (Å²) in [6.07, 6.45) is 5.18. The van der Waals surface area contributed by atoms with Crippen LogP contribution in [0, 0.1) is 33.6 Å². The highest BCUT2D eigenvalue weighted by Gasteiger charge is 2.28. The summed E-state index contributed by atoms with van der Waals surface area (Å²) >= 11 is 0. The SMILES string of the molecule is Cc1noc(C)c1CN(Cc1c(C)noc1C)[C@@H]1CCC[C@@H](C)C1. The van der Waals surface area contributed by atoms with Crippen LogP contribution in [0.4, 0.5) is 0 Å².